The lowest BCUT2D eigenvalue weighted by molar-refractivity contribution is -0.523. The van der Waals surface area contributed by atoms with Crippen LogP contribution in [0.2, 0.25) is 0 Å². The normalized spacial score (nSPS) is 15.6. The fourth-order valence-corrected chi connectivity index (χ4v) is 3.52. The van der Waals surface area contributed by atoms with Gasteiger partial charge in [0, 0.05) is 17.2 Å². The highest BCUT2D eigenvalue weighted by Gasteiger charge is 2.32. The summed E-state index contributed by atoms with van der Waals surface area (Å²) in [6.45, 7) is 2.05. The van der Waals surface area contributed by atoms with E-state index in [1.54, 1.807) is 18.0 Å². The number of carbonyl (C=O) groups excluding carboxylic acids is 2. The second-order valence-corrected chi connectivity index (χ2v) is 7.19. The molecule has 5 N–H and O–H groups in total. The lowest BCUT2D eigenvalue weighted by Gasteiger charge is -2.14. The maximum atomic E-state index is 14.5. The van der Waals surface area contributed by atoms with Gasteiger partial charge in [-0.3, -0.25) is 10.3 Å². The van der Waals surface area contributed by atoms with Crippen molar-refractivity contribution in [1.29, 1.82) is 0 Å². The number of aromatic amines is 1. The standard InChI is InChI=1S/C21H22F3N5O2/c1-11(12-5-3-6-13(18(12)22)19(23)24)28-20(25)14-9-16(29-8-4-7-17(29)30)27-10-15(14)21(31)26-2/h3,5-6,9-11,19H,4,7-8H2,1-2H3,(H2,25,28)(H,26,31)/p+2/t11-/m1/s1. The van der Waals surface area contributed by atoms with E-state index in [-0.39, 0.29) is 34.3 Å². The topological polar surface area (TPSA) is 107 Å². The lowest BCUT2D eigenvalue weighted by Crippen LogP contribution is -2.84. The fourth-order valence-electron chi connectivity index (χ4n) is 3.52. The molecule has 1 fully saturated rings. The maximum absolute atomic E-state index is 14.5. The van der Waals surface area contributed by atoms with Crippen LogP contribution in [0, 0.1) is 5.82 Å². The third kappa shape index (κ3) is 4.58. The number of primary amides is 1. The number of rotatable bonds is 6. The van der Waals surface area contributed by atoms with E-state index in [4.69, 9.17) is 5.73 Å². The van der Waals surface area contributed by atoms with Crippen molar-refractivity contribution in [2.24, 2.45) is 10.7 Å². The van der Waals surface area contributed by atoms with E-state index in [2.05, 4.69) is 9.98 Å². The maximum Gasteiger partial charge on any atom is 0.346 e. The van der Waals surface area contributed by atoms with Crippen LogP contribution in [0.5, 0.6) is 0 Å². The quantitative estimate of drug-likeness (QED) is 0.531. The Kier molecular flexibility index (Phi) is 6.69. The van der Waals surface area contributed by atoms with Gasteiger partial charge in [0.15, 0.2) is 0 Å². The predicted molar refractivity (Wildman–Crippen MR) is 107 cm³/mol. The summed E-state index contributed by atoms with van der Waals surface area (Å²) in [6, 6.07) is 4.38. The number of aliphatic imine (C=N–C) groups is 1. The van der Waals surface area contributed by atoms with Gasteiger partial charge < -0.3 is 5.73 Å². The summed E-state index contributed by atoms with van der Waals surface area (Å²) in [5, 5.41) is 1.36. The summed E-state index contributed by atoms with van der Waals surface area (Å²) in [5.41, 5.74) is 5.93. The summed E-state index contributed by atoms with van der Waals surface area (Å²) in [5.74, 6) is -1.02. The van der Waals surface area contributed by atoms with Crippen molar-refractivity contribution in [1.82, 2.24) is 0 Å². The van der Waals surface area contributed by atoms with Gasteiger partial charge in [0.25, 0.3) is 12.2 Å². The van der Waals surface area contributed by atoms with E-state index in [0.717, 1.165) is 6.07 Å². The SMILES string of the molecule is C[NH2+]C(=O)c1c[nH+]c(N2CCCC2=O)cc1C(N)=N[C@H](C)c1cccc(C(F)F)c1F. The van der Waals surface area contributed by atoms with Crippen LogP contribution in [0.3, 0.4) is 0 Å². The largest absolute Gasteiger partial charge is 0.383 e. The van der Waals surface area contributed by atoms with E-state index >= 15 is 0 Å². The zero-order valence-electron chi connectivity index (χ0n) is 17.2. The van der Waals surface area contributed by atoms with E-state index in [1.807, 2.05) is 0 Å². The van der Waals surface area contributed by atoms with Crippen LogP contribution in [-0.4, -0.2) is 31.2 Å². The summed E-state index contributed by atoms with van der Waals surface area (Å²) in [7, 11) is 1.57. The van der Waals surface area contributed by atoms with Crippen molar-refractivity contribution in [3.8, 4) is 0 Å². The van der Waals surface area contributed by atoms with Crippen LogP contribution >= 0.6 is 0 Å². The first-order valence-electron chi connectivity index (χ1n) is 9.84. The summed E-state index contributed by atoms with van der Waals surface area (Å²) >= 11 is 0. The Morgan fingerprint density at radius 1 is 1.29 bits per heavy atom. The number of amidine groups is 1. The number of H-pyrrole nitrogens is 1. The number of nitrogens with two attached hydrogens (primary N) is 2. The fraction of sp³-hybridized carbons (Fsp3) is 0.333. The zero-order valence-corrected chi connectivity index (χ0v) is 17.2. The molecule has 1 aromatic carbocycles. The predicted octanol–water partition coefficient (Wildman–Crippen LogP) is 1.50. The van der Waals surface area contributed by atoms with E-state index in [1.165, 1.54) is 30.6 Å². The minimum Gasteiger partial charge on any atom is -0.383 e. The summed E-state index contributed by atoms with van der Waals surface area (Å²) in [4.78, 5) is 33.2. The van der Waals surface area contributed by atoms with Crippen molar-refractivity contribution >= 4 is 23.5 Å². The Bertz CT molecular complexity index is 1040. The van der Waals surface area contributed by atoms with Crippen LogP contribution in [0.4, 0.5) is 19.0 Å². The summed E-state index contributed by atoms with van der Waals surface area (Å²) < 4.78 is 40.6. The van der Waals surface area contributed by atoms with Gasteiger partial charge in [0.05, 0.1) is 31.6 Å². The monoisotopic (exact) mass is 435 g/mol. The molecule has 0 radical (unpaired) electrons. The summed E-state index contributed by atoms with van der Waals surface area (Å²) in [6.07, 6.45) is -0.370. The van der Waals surface area contributed by atoms with Crippen molar-refractivity contribution < 1.29 is 33.1 Å². The molecule has 2 heterocycles. The minimum absolute atomic E-state index is 0.0341. The molecular weight excluding hydrogens is 411 g/mol. The number of aromatic nitrogens is 1. The first kappa shape index (κ1) is 22.4. The zero-order chi connectivity index (χ0) is 22.7. The number of nitrogens with zero attached hydrogens (tertiary/aromatic N) is 2. The molecule has 0 spiro atoms. The van der Waals surface area contributed by atoms with E-state index in [9.17, 15) is 22.8 Å². The Labute approximate surface area is 177 Å². The third-order valence-corrected chi connectivity index (χ3v) is 5.18. The molecule has 1 atom stereocenters. The Morgan fingerprint density at radius 2 is 2.00 bits per heavy atom. The molecule has 0 bridgehead atoms. The third-order valence-electron chi connectivity index (χ3n) is 5.18. The molecule has 164 valence electrons. The van der Waals surface area contributed by atoms with Crippen molar-refractivity contribution in [3.05, 3.63) is 58.5 Å². The van der Waals surface area contributed by atoms with E-state index in [0.29, 0.717) is 25.2 Å². The molecule has 0 aliphatic carbocycles. The first-order valence-corrected chi connectivity index (χ1v) is 9.84. The van der Waals surface area contributed by atoms with Crippen molar-refractivity contribution in [2.45, 2.75) is 32.2 Å². The smallest absolute Gasteiger partial charge is 0.346 e. The van der Waals surface area contributed by atoms with Crippen LogP contribution in [0.25, 0.3) is 0 Å². The molecule has 1 aliphatic heterocycles. The Hall–Kier alpha value is -3.27. The number of halogens is 3. The molecule has 31 heavy (non-hydrogen) atoms. The number of alkyl halides is 2. The molecule has 7 nitrogen and oxygen atoms in total. The number of pyridine rings is 1. The highest BCUT2D eigenvalue weighted by Crippen LogP contribution is 2.29. The average molecular weight is 435 g/mol. The van der Waals surface area contributed by atoms with Crippen LogP contribution < -0.4 is 20.9 Å². The Morgan fingerprint density at radius 3 is 2.61 bits per heavy atom. The molecule has 0 saturated carbocycles. The van der Waals surface area contributed by atoms with Crippen molar-refractivity contribution in [2.75, 3.05) is 18.5 Å². The van der Waals surface area contributed by atoms with Gasteiger partial charge >= 0.3 is 11.8 Å². The van der Waals surface area contributed by atoms with Gasteiger partial charge in [-0.1, -0.05) is 18.2 Å². The first-order chi connectivity index (χ1) is 14.7. The molecule has 0 unspecified atom stereocenters. The second kappa shape index (κ2) is 9.25. The number of hydrogen-bond acceptors (Lipinski definition) is 3. The van der Waals surface area contributed by atoms with Gasteiger partial charge in [-0.25, -0.2) is 27.7 Å². The minimum atomic E-state index is -2.96. The van der Waals surface area contributed by atoms with Gasteiger partial charge in [-0.15, -0.1) is 0 Å². The number of carbonyl (C=O) groups is 2. The number of quaternary nitrogens is 1. The molecule has 10 heteroatoms. The lowest BCUT2D eigenvalue weighted by atomic mass is 10.0. The second-order valence-electron chi connectivity index (χ2n) is 7.19. The van der Waals surface area contributed by atoms with Crippen LogP contribution in [0.15, 0.2) is 35.5 Å². The number of hydrogen-bond donors (Lipinski definition) is 2. The van der Waals surface area contributed by atoms with Gasteiger partial charge in [-0.2, -0.15) is 4.90 Å². The van der Waals surface area contributed by atoms with Crippen LogP contribution in [0.1, 0.15) is 59.3 Å². The number of amides is 2. The average Bonchev–Trinajstić information content (AvgIpc) is 3.18. The number of benzene rings is 1. The Balaban J connectivity index is 2.03. The molecule has 1 aromatic heterocycles. The molecular formula is C21H24F3N5O2+2. The number of nitrogens with one attached hydrogen (secondary N) is 1. The molecule has 1 saturated heterocycles. The molecule has 1 aliphatic rings. The number of anilines is 1. The molecule has 2 amide bonds. The van der Waals surface area contributed by atoms with Gasteiger partial charge in [0.2, 0.25) is 0 Å². The van der Waals surface area contributed by atoms with Crippen LogP contribution in [-0.2, 0) is 4.79 Å². The highest BCUT2D eigenvalue weighted by atomic mass is 19.3. The van der Waals surface area contributed by atoms with E-state index < -0.39 is 23.8 Å². The highest BCUT2D eigenvalue weighted by molar-refractivity contribution is 6.07. The van der Waals surface area contributed by atoms with Gasteiger partial charge in [0.1, 0.15) is 23.4 Å². The molecule has 3 rings (SSSR count). The molecule has 2 aromatic rings. The van der Waals surface area contributed by atoms with Crippen molar-refractivity contribution in [3.63, 3.8) is 0 Å². The van der Waals surface area contributed by atoms with Gasteiger partial charge in [-0.05, 0) is 13.3 Å².